The Kier molecular flexibility index (Phi) is 7.90. The van der Waals surface area contributed by atoms with Gasteiger partial charge in [-0.15, -0.1) is 0 Å². The molecule has 6 rings (SSSR count). The molecule has 1 fully saturated rings. The fourth-order valence-electron chi connectivity index (χ4n) is 6.44. The molecule has 3 heterocycles. The molecule has 0 unspecified atom stereocenters. The minimum atomic E-state index is -0.569. The average molecular weight is 634 g/mol. The standard InChI is InChI=1S/C33H34Cl2N6O3/c1-5-39-8-9-40(33(2,3)18-39)32(43)29-25-7-6-19-11-28(44-4)26(20-10-21(31(36)42)17-37-16-20)15-27(19)30(25)41(38-29)24-13-22(34)12-23(35)14-24/h10-17H,5-9,18H2,1-4H3,(H2,36,42). The number of ether oxygens (including phenoxy) is 1. The molecule has 2 aromatic heterocycles. The van der Waals surface area contributed by atoms with Gasteiger partial charge in [0.1, 0.15) is 5.75 Å². The van der Waals surface area contributed by atoms with Crippen molar-refractivity contribution in [3.63, 3.8) is 0 Å². The molecule has 228 valence electrons. The van der Waals surface area contributed by atoms with Gasteiger partial charge in [0.15, 0.2) is 5.69 Å². The zero-order chi connectivity index (χ0) is 31.3. The molecule has 0 atom stereocenters. The fraction of sp³-hybridized carbons (Fsp3) is 0.333. The highest BCUT2D eigenvalue weighted by Crippen LogP contribution is 2.43. The molecule has 4 aromatic rings. The van der Waals surface area contributed by atoms with E-state index < -0.39 is 5.91 Å². The third-order valence-electron chi connectivity index (χ3n) is 8.61. The summed E-state index contributed by atoms with van der Waals surface area (Å²) in [5, 5.41) is 5.92. The van der Waals surface area contributed by atoms with Crippen LogP contribution in [0.3, 0.4) is 0 Å². The van der Waals surface area contributed by atoms with Crippen LogP contribution in [0.15, 0.2) is 48.8 Å². The van der Waals surface area contributed by atoms with Crippen LogP contribution in [0.25, 0.3) is 28.1 Å². The van der Waals surface area contributed by atoms with Gasteiger partial charge in [-0.05, 0) is 75.2 Å². The van der Waals surface area contributed by atoms with Crippen LogP contribution >= 0.6 is 23.2 Å². The van der Waals surface area contributed by atoms with E-state index in [9.17, 15) is 9.59 Å². The predicted molar refractivity (Wildman–Crippen MR) is 172 cm³/mol. The highest BCUT2D eigenvalue weighted by molar-refractivity contribution is 6.34. The monoisotopic (exact) mass is 632 g/mol. The van der Waals surface area contributed by atoms with Gasteiger partial charge in [-0.3, -0.25) is 19.5 Å². The van der Waals surface area contributed by atoms with Crippen molar-refractivity contribution in [3.05, 3.63) is 81.2 Å². The lowest BCUT2D eigenvalue weighted by Crippen LogP contribution is -2.61. The third-order valence-corrected chi connectivity index (χ3v) is 9.05. The second-order valence-corrected chi connectivity index (χ2v) is 12.8. The molecule has 1 aliphatic heterocycles. The molecule has 44 heavy (non-hydrogen) atoms. The Labute approximate surface area is 266 Å². The van der Waals surface area contributed by atoms with E-state index in [1.54, 1.807) is 42.3 Å². The molecule has 0 saturated carbocycles. The number of benzene rings is 2. The van der Waals surface area contributed by atoms with Crippen LogP contribution in [0.4, 0.5) is 0 Å². The van der Waals surface area contributed by atoms with E-state index in [-0.39, 0.29) is 11.4 Å². The number of carbonyl (C=O) groups excluding carboxylic acids is 2. The number of hydrogen-bond donors (Lipinski definition) is 1. The number of pyridine rings is 1. The van der Waals surface area contributed by atoms with Crippen LogP contribution in [-0.2, 0) is 12.8 Å². The summed E-state index contributed by atoms with van der Waals surface area (Å²) < 4.78 is 7.58. The van der Waals surface area contributed by atoms with E-state index in [0.29, 0.717) is 57.7 Å². The first kappa shape index (κ1) is 30.1. The van der Waals surface area contributed by atoms with Crippen LogP contribution in [0.1, 0.15) is 52.7 Å². The number of nitrogens with two attached hydrogens (primary N) is 1. The zero-order valence-corrected chi connectivity index (χ0v) is 26.7. The highest BCUT2D eigenvalue weighted by atomic mass is 35.5. The Hall–Kier alpha value is -3.92. The molecule has 2 N–H and O–H groups in total. The molecule has 2 amide bonds. The van der Waals surface area contributed by atoms with Crippen molar-refractivity contribution >= 4 is 35.0 Å². The smallest absolute Gasteiger partial charge is 0.275 e. The second-order valence-electron chi connectivity index (χ2n) is 11.9. The topological polar surface area (TPSA) is 107 Å². The van der Waals surface area contributed by atoms with Crippen LogP contribution in [0.5, 0.6) is 5.75 Å². The van der Waals surface area contributed by atoms with Crippen molar-refractivity contribution < 1.29 is 14.3 Å². The van der Waals surface area contributed by atoms with E-state index in [2.05, 4.69) is 30.7 Å². The summed E-state index contributed by atoms with van der Waals surface area (Å²) in [5.74, 6) is -0.0240. The van der Waals surface area contributed by atoms with Gasteiger partial charge in [-0.25, -0.2) is 4.68 Å². The van der Waals surface area contributed by atoms with E-state index in [4.69, 9.17) is 38.8 Å². The molecule has 1 saturated heterocycles. The number of fused-ring (bicyclic) bond motifs is 3. The molecule has 1 aliphatic carbocycles. The number of aromatic nitrogens is 3. The van der Waals surface area contributed by atoms with Gasteiger partial charge in [-0.1, -0.05) is 30.1 Å². The molecular formula is C33H34Cl2N6O3. The minimum absolute atomic E-state index is 0.0931. The second kappa shape index (κ2) is 11.5. The van der Waals surface area contributed by atoms with Gasteiger partial charge in [-0.2, -0.15) is 5.10 Å². The van der Waals surface area contributed by atoms with Crippen molar-refractivity contribution in [3.8, 4) is 33.8 Å². The number of piperazine rings is 1. The largest absolute Gasteiger partial charge is 0.496 e. The Morgan fingerprint density at radius 1 is 1.00 bits per heavy atom. The van der Waals surface area contributed by atoms with Crippen LogP contribution in [-0.4, -0.2) is 75.2 Å². The summed E-state index contributed by atoms with van der Waals surface area (Å²) in [6, 6.07) is 11.0. The number of aryl methyl sites for hydroxylation is 1. The SMILES string of the molecule is CCN1CCN(C(=O)c2nn(-c3cc(Cl)cc(Cl)c3)c3c2CCc2cc(OC)c(-c4cncc(C(N)=O)c4)cc2-3)C(C)(C)C1. The lowest BCUT2D eigenvalue weighted by atomic mass is 9.85. The third kappa shape index (κ3) is 5.33. The van der Waals surface area contributed by atoms with E-state index in [1.165, 1.54) is 6.20 Å². The molecule has 2 aliphatic rings. The number of primary amides is 1. The van der Waals surface area contributed by atoms with E-state index in [0.717, 1.165) is 47.6 Å². The summed E-state index contributed by atoms with van der Waals surface area (Å²) in [6.07, 6.45) is 4.41. The molecule has 9 nitrogen and oxygen atoms in total. The van der Waals surface area contributed by atoms with Gasteiger partial charge >= 0.3 is 0 Å². The summed E-state index contributed by atoms with van der Waals surface area (Å²) >= 11 is 12.9. The van der Waals surface area contributed by atoms with Gasteiger partial charge in [0, 0.05) is 64.3 Å². The summed E-state index contributed by atoms with van der Waals surface area (Å²) in [6.45, 7) is 9.50. The van der Waals surface area contributed by atoms with Crippen molar-refractivity contribution in [2.45, 2.75) is 39.2 Å². The summed E-state index contributed by atoms with van der Waals surface area (Å²) in [5.41, 5.74) is 11.6. The van der Waals surface area contributed by atoms with E-state index >= 15 is 0 Å². The van der Waals surface area contributed by atoms with E-state index in [1.807, 2.05) is 17.0 Å². The Morgan fingerprint density at radius 2 is 1.75 bits per heavy atom. The number of amides is 2. The van der Waals surface area contributed by atoms with Crippen molar-refractivity contribution in [1.29, 1.82) is 0 Å². The van der Waals surface area contributed by atoms with Crippen molar-refractivity contribution in [2.24, 2.45) is 5.73 Å². The normalized spacial score (nSPS) is 15.9. The van der Waals surface area contributed by atoms with Crippen LogP contribution in [0, 0.1) is 0 Å². The molecule has 2 aromatic carbocycles. The van der Waals surface area contributed by atoms with Crippen molar-refractivity contribution in [1.82, 2.24) is 24.6 Å². The summed E-state index contributed by atoms with van der Waals surface area (Å²) in [7, 11) is 1.61. The number of likely N-dealkylation sites (N-methyl/N-ethyl adjacent to an activating group) is 1. The van der Waals surface area contributed by atoms with Crippen molar-refractivity contribution in [2.75, 3.05) is 33.3 Å². The van der Waals surface area contributed by atoms with Gasteiger partial charge in [0.05, 0.1) is 29.6 Å². The maximum absolute atomic E-state index is 14.4. The first-order valence-electron chi connectivity index (χ1n) is 14.6. The number of halogens is 2. The first-order valence-corrected chi connectivity index (χ1v) is 15.4. The average Bonchev–Trinajstić information content (AvgIpc) is 3.39. The highest BCUT2D eigenvalue weighted by Gasteiger charge is 2.40. The van der Waals surface area contributed by atoms with Gasteiger partial charge < -0.3 is 15.4 Å². The van der Waals surface area contributed by atoms with Crippen LogP contribution < -0.4 is 10.5 Å². The van der Waals surface area contributed by atoms with Gasteiger partial charge in [0.2, 0.25) is 5.91 Å². The molecule has 0 bridgehead atoms. The zero-order valence-electron chi connectivity index (χ0n) is 25.2. The quantitative estimate of drug-likeness (QED) is 0.293. The number of hydrogen-bond acceptors (Lipinski definition) is 6. The maximum Gasteiger partial charge on any atom is 0.275 e. The molecular weight excluding hydrogens is 599 g/mol. The van der Waals surface area contributed by atoms with Crippen LogP contribution in [0.2, 0.25) is 10.0 Å². The molecule has 0 spiro atoms. The molecule has 0 radical (unpaired) electrons. The first-order chi connectivity index (χ1) is 21.0. The Bertz CT molecular complexity index is 1780. The lowest BCUT2D eigenvalue weighted by Gasteiger charge is -2.46. The Balaban J connectivity index is 1.56. The van der Waals surface area contributed by atoms with Gasteiger partial charge in [0.25, 0.3) is 5.91 Å². The minimum Gasteiger partial charge on any atom is -0.496 e. The predicted octanol–water partition coefficient (Wildman–Crippen LogP) is 5.67. The number of rotatable bonds is 6. The maximum atomic E-state index is 14.4. The number of nitrogens with zero attached hydrogens (tertiary/aromatic N) is 5. The molecule has 11 heteroatoms. The summed E-state index contributed by atoms with van der Waals surface area (Å²) in [4.78, 5) is 34.9. The number of methoxy groups -OCH3 is 1. The Morgan fingerprint density at radius 3 is 2.41 bits per heavy atom. The lowest BCUT2D eigenvalue weighted by molar-refractivity contribution is 0.0189. The fourth-order valence-corrected chi connectivity index (χ4v) is 6.95. The number of carbonyl (C=O) groups is 2.